The third kappa shape index (κ3) is 5.14. The normalized spacial score (nSPS) is 17.9. The van der Waals surface area contributed by atoms with E-state index in [1.165, 1.54) is 12.1 Å². The van der Waals surface area contributed by atoms with Crippen molar-refractivity contribution >= 4 is 17.6 Å². The molecular weight excluding hydrogens is 412 g/mol. The first-order valence-corrected chi connectivity index (χ1v) is 10.5. The van der Waals surface area contributed by atoms with Gasteiger partial charge in [0.15, 0.2) is 0 Å². The van der Waals surface area contributed by atoms with Crippen LogP contribution in [0, 0.1) is 16.0 Å². The van der Waals surface area contributed by atoms with Gasteiger partial charge in [-0.3, -0.25) is 14.9 Å². The van der Waals surface area contributed by atoms with E-state index in [9.17, 15) is 19.7 Å². The van der Waals surface area contributed by atoms with Crippen LogP contribution in [0.25, 0.3) is 0 Å². The molecule has 1 N–H and O–H groups in total. The van der Waals surface area contributed by atoms with Crippen LogP contribution in [-0.2, 0) is 25.5 Å². The number of nitro groups is 1. The predicted molar refractivity (Wildman–Crippen MR) is 118 cm³/mol. The van der Waals surface area contributed by atoms with Gasteiger partial charge >= 0.3 is 11.9 Å². The third-order valence-corrected chi connectivity index (χ3v) is 5.37. The third-order valence-electron chi connectivity index (χ3n) is 5.37. The molecule has 8 nitrogen and oxygen atoms in total. The SMILES string of the molecule is CCOC(=O)C1=C(Cc2ccc([N+](=O)[O-])cc2)NC[C@@H](c2ccccc2)[C@@H]1C(=O)OCC. The molecule has 2 aromatic rings. The summed E-state index contributed by atoms with van der Waals surface area (Å²) >= 11 is 0. The molecule has 0 saturated heterocycles. The zero-order valence-corrected chi connectivity index (χ0v) is 18.1. The molecule has 0 amide bonds. The number of nitrogens with zero attached hydrogens (tertiary/aromatic N) is 1. The van der Waals surface area contributed by atoms with Crippen molar-refractivity contribution in [1.29, 1.82) is 0 Å². The summed E-state index contributed by atoms with van der Waals surface area (Å²) in [4.78, 5) is 36.5. The van der Waals surface area contributed by atoms with E-state index >= 15 is 0 Å². The molecule has 32 heavy (non-hydrogen) atoms. The van der Waals surface area contributed by atoms with E-state index < -0.39 is 22.8 Å². The Morgan fingerprint density at radius 1 is 1.03 bits per heavy atom. The highest BCUT2D eigenvalue weighted by Gasteiger charge is 2.42. The van der Waals surface area contributed by atoms with Gasteiger partial charge in [0.1, 0.15) is 0 Å². The second kappa shape index (κ2) is 10.6. The summed E-state index contributed by atoms with van der Waals surface area (Å²) in [5.74, 6) is -2.19. The lowest BCUT2D eigenvalue weighted by atomic mass is 9.77. The minimum atomic E-state index is -0.828. The number of hydrogen-bond donors (Lipinski definition) is 1. The van der Waals surface area contributed by atoms with Crippen molar-refractivity contribution < 1.29 is 24.0 Å². The highest BCUT2D eigenvalue weighted by atomic mass is 16.6. The zero-order valence-electron chi connectivity index (χ0n) is 18.1. The topological polar surface area (TPSA) is 108 Å². The molecule has 0 aliphatic carbocycles. The lowest BCUT2D eigenvalue weighted by Crippen LogP contribution is -2.42. The van der Waals surface area contributed by atoms with Crippen LogP contribution in [0.4, 0.5) is 5.69 Å². The second-order valence-electron chi connectivity index (χ2n) is 7.34. The van der Waals surface area contributed by atoms with Crippen LogP contribution in [0.1, 0.15) is 30.9 Å². The maximum atomic E-state index is 13.1. The fourth-order valence-corrected chi connectivity index (χ4v) is 3.92. The highest BCUT2D eigenvalue weighted by Crippen LogP contribution is 2.37. The number of ether oxygens (including phenoxy) is 2. The highest BCUT2D eigenvalue weighted by molar-refractivity contribution is 5.97. The quantitative estimate of drug-likeness (QED) is 0.382. The molecule has 0 radical (unpaired) electrons. The first-order valence-electron chi connectivity index (χ1n) is 10.5. The van der Waals surface area contributed by atoms with E-state index in [-0.39, 0.29) is 30.4 Å². The summed E-state index contributed by atoms with van der Waals surface area (Å²) in [5, 5.41) is 14.2. The van der Waals surface area contributed by atoms with Crippen molar-refractivity contribution in [3.8, 4) is 0 Å². The van der Waals surface area contributed by atoms with E-state index in [0.29, 0.717) is 18.7 Å². The molecule has 8 heteroatoms. The van der Waals surface area contributed by atoms with Gasteiger partial charge in [0.2, 0.25) is 0 Å². The predicted octanol–water partition coefficient (Wildman–Crippen LogP) is 3.52. The summed E-state index contributed by atoms with van der Waals surface area (Å²) in [5.41, 5.74) is 2.46. The molecule has 1 heterocycles. The number of carbonyl (C=O) groups excluding carboxylic acids is 2. The number of nitro benzene ring substituents is 1. The Kier molecular flexibility index (Phi) is 7.59. The van der Waals surface area contributed by atoms with Gasteiger partial charge in [-0.05, 0) is 25.0 Å². The molecule has 1 aliphatic heterocycles. The Labute approximate surface area is 186 Å². The molecule has 0 aromatic heterocycles. The smallest absolute Gasteiger partial charge is 0.336 e. The molecule has 0 spiro atoms. The van der Waals surface area contributed by atoms with Crippen molar-refractivity contribution in [2.45, 2.75) is 26.2 Å². The number of benzene rings is 2. The minimum Gasteiger partial charge on any atom is -0.465 e. The Hall–Kier alpha value is -3.68. The van der Waals surface area contributed by atoms with Gasteiger partial charge in [0.05, 0.1) is 29.6 Å². The van der Waals surface area contributed by atoms with Gasteiger partial charge in [-0.15, -0.1) is 0 Å². The molecule has 168 valence electrons. The Bertz CT molecular complexity index is 1000. The van der Waals surface area contributed by atoms with E-state index in [2.05, 4.69) is 5.32 Å². The Morgan fingerprint density at radius 2 is 1.69 bits per heavy atom. The van der Waals surface area contributed by atoms with Gasteiger partial charge < -0.3 is 14.8 Å². The average Bonchev–Trinajstić information content (AvgIpc) is 2.80. The van der Waals surface area contributed by atoms with Crippen molar-refractivity contribution in [3.63, 3.8) is 0 Å². The maximum absolute atomic E-state index is 13.1. The monoisotopic (exact) mass is 438 g/mol. The van der Waals surface area contributed by atoms with Crippen LogP contribution in [0.15, 0.2) is 65.9 Å². The van der Waals surface area contributed by atoms with Crippen molar-refractivity contribution in [1.82, 2.24) is 5.32 Å². The zero-order chi connectivity index (χ0) is 23.1. The van der Waals surface area contributed by atoms with Crippen molar-refractivity contribution in [3.05, 3.63) is 87.1 Å². The Morgan fingerprint density at radius 3 is 2.28 bits per heavy atom. The number of rotatable bonds is 8. The molecule has 0 fully saturated rings. The van der Waals surface area contributed by atoms with Gasteiger partial charge in [-0.1, -0.05) is 42.5 Å². The molecular formula is C24H26N2O6. The molecule has 0 saturated carbocycles. The van der Waals surface area contributed by atoms with Crippen LogP contribution >= 0.6 is 0 Å². The van der Waals surface area contributed by atoms with E-state index in [1.54, 1.807) is 26.0 Å². The molecule has 0 bridgehead atoms. The summed E-state index contributed by atoms with van der Waals surface area (Å²) in [6.07, 6.45) is 0.295. The molecule has 1 aliphatic rings. The van der Waals surface area contributed by atoms with Crippen LogP contribution in [0.3, 0.4) is 0 Å². The van der Waals surface area contributed by atoms with Gasteiger partial charge in [0, 0.05) is 36.7 Å². The summed E-state index contributed by atoms with van der Waals surface area (Å²) in [7, 11) is 0. The Balaban J connectivity index is 2.05. The summed E-state index contributed by atoms with van der Waals surface area (Å²) in [6.45, 7) is 4.22. The fourth-order valence-electron chi connectivity index (χ4n) is 3.92. The van der Waals surface area contributed by atoms with Gasteiger partial charge in [-0.25, -0.2) is 4.79 Å². The summed E-state index contributed by atoms with van der Waals surface area (Å²) < 4.78 is 10.7. The number of non-ortho nitro benzene ring substituents is 1. The largest absolute Gasteiger partial charge is 0.465 e. The first kappa shape index (κ1) is 23.0. The number of carbonyl (C=O) groups is 2. The molecule has 2 atom stereocenters. The standard InChI is InChI=1S/C24H26N2O6/c1-3-31-23(27)21-19(17-8-6-5-7-9-17)15-25-20(22(21)24(28)32-4-2)14-16-10-12-18(13-11-16)26(29)30/h5-13,19,21,25H,3-4,14-15H2,1-2H3/t19-,21-/m0/s1. The molecule has 0 unspecified atom stereocenters. The fraction of sp³-hybridized carbons (Fsp3) is 0.333. The number of allylic oxidation sites excluding steroid dienone is 1. The van der Waals surface area contributed by atoms with Crippen LogP contribution in [0.5, 0.6) is 0 Å². The number of hydrogen-bond acceptors (Lipinski definition) is 7. The minimum absolute atomic E-state index is 0.0153. The van der Waals surface area contributed by atoms with E-state index in [1.807, 2.05) is 30.3 Å². The summed E-state index contributed by atoms with van der Waals surface area (Å²) in [6, 6.07) is 15.6. The van der Waals surface area contributed by atoms with Crippen molar-refractivity contribution in [2.75, 3.05) is 19.8 Å². The first-order chi connectivity index (χ1) is 15.5. The average molecular weight is 438 g/mol. The van der Waals surface area contributed by atoms with Crippen LogP contribution in [0.2, 0.25) is 0 Å². The van der Waals surface area contributed by atoms with Crippen LogP contribution < -0.4 is 5.32 Å². The second-order valence-corrected chi connectivity index (χ2v) is 7.34. The molecule has 2 aromatic carbocycles. The van der Waals surface area contributed by atoms with E-state index in [0.717, 1.165) is 11.1 Å². The van der Waals surface area contributed by atoms with Gasteiger partial charge in [-0.2, -0.15) is 0 Å². The lowest BCUT2D eigenvalue weighted by Gasteiger charge is -2.34. The van der Waals surface area contributed by atoms with Crippen LogP contribution in [-0.4, -0.2) is 36.6 Å². The molecule has 3 rings (SSSR count). The van der Waals surface area contributed by atoms with Crippen molar-refractivity contribution in [2.24, 2.45) is 5.92 Å². The van der Waals surface area contributed by atoms with Gasteiger partial charge in [0.25, 0.3) is 5.69 Å². The lowest BCUT2D eigenvalue weighted by molar-refractivity contribution is -0.384. The number of esters is 2. The maximum Gasteiger partial charge on any atom is 0.336 e. The van der Waals surface area contributed by atoms with E-state index in [4.69, 9.17) is 9.47 Å². The number of nitrogens with one attached hydrogen (secondary N) is 1.